The zero-order valence-electron chi connectivity index (χ0n) is 11.3. The Bertz CT molecular complexity index is 582. The standard InChI is InChI=1S/C14H19NO3S/c1-12-11-13(5-3-8-15)6-7-14(12)18-9-4-10-19(2,16)17/h6-7,11H,4,8-10,15H2,1-2H3. The lowest BCUT2D eigenvalue weighted by atomic mass is 10.1. The van der Waals surface area contributed by atoms with Gasteiger partial charge in [0.15, 0.2) is 0 Å². The highest BCUT2D eigenvalue weighted by Crippen LogP contribution is 2.18. The summed E-state index contributed by atoms with van der Waals surface area (Å²) in [7, 11) is -2.92. The van der Waals surface area contributed by atoms with Gasteiger partial charge >= 0.3 is 0 Å². The van der Waals surface area contributed by atoms with Gasteiger partial charge in [-0.15, -0.1) is 0 Å². The fraction of sp³-hybridized carbons (Fsp3) is 0.429. The third kappa shape index (κ3) is 6.27. The fourth-order valence-electron chi connectivity index (χ4n) is 1.55. The van der Waals surface area contributed by atoms with Crippen LogP contribution in [0.3, 0.4) is 0 Å². The lowest BCUT2D eigenvalue weighted by molar-refractivity contribution is 0.315. The highest BCUT2D eigenvalue weighted by atomic mass is 32.2. The highest BCUT2D eigenvalue weighted by molar-refractivity contribution is 7.90. The monoisotopic (exact) mass is 281 g/mol. The van der Waals surface area contributed by atoms with Gasteiger partial charge in [-0.3, -0.25) is 0 Å². The predicted octanol–water partition coefficient (Wildman–Crippen LogP) is 1.12. The molecule has 1 rings (SSSR count). The van der Waals surface area contributed by atoms with Crippen molar-refractivity contribution in [3.63, 3.8) is 0 Å². The van der Waals surface area contributed by atoms with E-state index in [1.165, 1.54) is 6.26 Å². The topological polar surface area (TPSA) is 69.4 Å². The van der Waals surface area contributed by atoms with Gasteiger partial charge in [-0.1, -0.05) is 11.8 Å². The van der Waals surface area contributed by atoms with Gasteiger partial charge in [0.25, 0.3) is 0 Å². The molecule has 5 heteroatoms. The number of nitrogens with two attached hydrogens (primary N) is 1. The normalized spacial score (nSPS) is 10.7. The van der Waals surface area contributed by atoms with Gasteiger partial charge in [-0.25, -0.2) is 8.42 Å². The lowest BCUT2D eigenvalue weighted by Gasteiger charge is -2.09. The smallest absolute Gasteiger partial charge is 0.147 e. The second-order valence-electron chi connectivity index (χ2n) is 4.32. The molecule has 0 saturated heterocycles. The number of aryl methyl sites for hydroxylation is 1. The van der Waals surface area contributed by atoms with Crippen LogP contribution >= 0.6 is 0 Å². The Kier molecular flexibility index (Phi) is 5.87. The lowest BCUT2D eigenvalue weighted by Crippen LogP contribution is -2.08. The SMILES string of the molecule is Cc1cc(C#CCN)ccc1OCCCS(C)(=O)=O. The molecule has 0 aliphatic carbocycles. The van der Waals surface area contributed by atoms with Gasteiger partial charge in [-0.05, 0) is 37.1 Å². The van der Waals surface area contributed by atoms with Gasteiger partial charge in [0.2, 0.25) is 0 Å². The summed E-state index contributed by atoms with van der Waals surface area (Å²) in [5.41, 5.74) is 7.18. The molecule has 0 amide bonds. The molecule has 0 saturated carbocycles. The summed E-state index contributed by atoms with van der Waals surface area (Å²) in [6.45, 7) is 2.66. The Morgan fingerprint density at radius 1 is 1.37 bits per heavy atom. The summed E-state index contributed by atoms with van der Waals surface area (Å²) >= 11 is 0. The number of benzene rings is 1. The molecule has 0 atom stereocenters. The quantitative estimate of drug-likeness (QED) is 0.648. The molecule has 1 aromatic carbocycles. The molecule has 0 bridgehead atoms. The van der Waals surface area contributed by atoms with Crippen LogP contribution in [0.15, 0.2) is 18.2 Å². The van der Waals surface area contributed by atoms with E-state index < -0.39 is 9.84 Å². The molecule has 19 heavy (non-hydrogen) atoms. The highest BCUT2D eigenvalue weighted by Gasteiger charge is 2.03. The number of hydrogen-bond donors (Lipinski definition) is 1. The Balaban J connectivity index is 2.56. The summed E-state index contributed by atoms with van der Waals surface area (Å²) < 4.78 is 27.5. The van der Waals surface area contributed by atoms with Crippen LogP contribution < -0.4 is 10.5 Å². The number of ether oxygens (including phenoxy) is 1. The molecule has 2 N–H and O–H groups in total. The van der Waals surface area contributed by atoms with Gasteiger partial charge in [0.1, 0.15) is 15.6 Å². The van der Waals surface area contributed by atoms with E-state index in [9.17, 15) is 8.42 Å². The molecule has 0 unspecified atom stereocenters. The Hall–Kier alpha value is -1.51. The zero-order chi connectivity index (χ0) is 14.3. The van der Waals surface area contributed by atoms with Crippen LogP contribution in [0.4, 0.5) is 0 Å². The van der Waals surface area contributed by atoms with E-state index in [0.29, 0.717) is 19.6 Å². The van der Waals surface area contributed by atoms with Crippen LogP contribution in [0, 0.1) is 18.8 Å². The molecule has 0 aliphatic rings. The minimum Gasteiger partial charge on any atom is -0.493 e. The van der Waals surface area contributed by atoms with Crippen molar-refractivity contribution in [1.82, 2.24) is 0 Å². The summed E-state index contributed by atoms with van der Waals surface area (Å²) in [4.78, 5) is 0. The maximum atomic E-state index is 11.0. The molecule has 0 radical (unpaired) electrons. The van der Waals surface area contributed by atoms with E-state index >= 15 is 0 Å². The van der Waals surface area contributed by atoms with E-state index in [4.69, 9.17) is 10.5 Å². The molecule has 4 nitrogen and oxygen atoms in total. The third-order valence-corrected chi connectivity index (χ3v) is 3.46. The van der Waals surface area contributed by atoms with Crippen molar-refractivity contribution in [2.75, 3.05) is 25.2 Å². The Labute approximate surface area is 114 Å². The average Bonchev–Trinajstić information content (AvgIpc) is 2.32. The second-order valence-corrected chi connectivity index (χ2v) is 6.58. The first-order valence-electron chi connectivity index (χ1n) is 6.02. The van der Waals surface area contributed by atoms with Crippen LogP contribution in [0.5, 0.6) is 5.75 Å². The van der Waals surface area contributed by atoms with Crippen LogP contribution in [0.25, 0.3) is 0 Å². The maximum Gasteiger partial charge on any atom is 0.147 e. The summed E-state index contributed by atoms with van der Waals surface area (Å²) in [6, 6.07) is 5.63. The van der Waals surface area contributed by atoms with E-state index in [-0.39, 0.29) is 5.75 Å². The zero-order valence-corrected chi connectivity index (χ0v) is 12.1. The van der Waals surface area contributed by atoms with Crippen LogP contribution in [-0.4, -0.2) is 33.6 Å². The maximum absolute atomic E-state index is 11.0. The molecule has 104 valence electrons. The van der Waals surface area contributed by atoms with Crippen molar-refractivity contribution in [3.05, 3.63) is 29.3 Å². The van der Waals surface area contributed by atoms with Gasteiger partial charge in [0, 0.05) is 11.8 Å². The molecule has 0 fully saturated rings. The van der Waals surface area contributed by atoms with Crippen molar-refractivity contribution < 1.29 is 13.2 Å². The van der Waals surface area contributed by atoms with Crippen molar-refractivity contribution in [2.45, 2.75) is 13.3 Å². The number of rotatable bonds is 5. The number of hydrogen-bond acceptors (Lipinski definition) is 4. The van der Waals surface area contributed by atoms with Crippen molar-refractivity contribution >= 4 is 9.84 Å². The third-order valence-electron chi connectivity index (χ3n) is 2.43. The number of sulfone groups is 1. The summed E-state index contributed by atoms with van der Waals surface area (Å²) in [6.07, 6.45) is 1.72. The Morgan fingerprint density at radius 3 is 2.68 bits per heavy atom. The fourth-order valence-corrected chi connectivity index (χ4v) is 2.19. The van der Waals surface area contributed by atoms with Crippen molar-refractivity contribution in [2.24, 2.45) is 5.73 Å². The molecule has 0 aromatic heterocycles. The molecule has 0 heterocycles. The molecule has 0 aliphatic heterocycles. The first-order valence-corrected chi connectivity index (χ1v) is 8.08. The molecule has 1 aromatic rings. The average molecular weight is 281 g/mol. The first kappa shape index (κ1) is 15.5. The van der Waals surface area contributed by atoms with Crippen LogP contribution in [-0.2, 0) is 9.84 Å². The van der Waals surface area contributed by atoms with Gasteiger partial charge < -0.3 is 10.5 Å². The predicted molar refractivity (Wildman–Crippen MR) is 76.9 cm³/mol. The molecular weight excluding hydrogens is 262 g/mol. The van der Waals surface area contributed by atoms with Crippen molar-refractivity contribution in [1.29, 1.82) is 0 Å². The summed E-state index contributed by atoms with van der Waals surface area (Å²) in [5, 5.41) is 0. The first-order chi connectivity index (χ1) is 8.92. The van der Waals surface area contributed by atoms with E-state index in [1.54, 1.807) is 0 Å². The van der Waals surface area contributed by atoms with E-state index in [1.807, 2.05) is 25.1 Å². The molecule has 0 spiro atoms. The van der Waals surface area contributed by atoms with Gasteiger partial charge in [-0.2, -0.15) is 0 Å². The minimum atomic E-state index is -2.92. The van der Waals surface area contributed by atoms with Gasteiger partial charge in [0.05, 0.1) is 18.9 Å². The largest absolute Gasteiger partial charge is 0.493 e. The van der Waals surface area contributed by atoms with E-state index in [2.05, 4.69) is 11.8 Å². The van der Waals surface area contributed by atoms with Crippen LogP contribution in [0.1, 0.15) is 17.5 Å². The summed E-state index contributed by atoms with van der Waals surface area (Å²) in [5.74, 6) is 6.64. The van der Waals surface area contributed by atoms with E-state index in [0.717, 1.165) is 16.9 Å². The minimum absolute atomic E-state index is 0.145. The Morgan fingerprint density at radius 2 is 2.11 bits per heavy atom. The molecular formula is C14H19NO3S. The van der Waals surface area contributed by atoms with Crippen molar-refractivity contribution in [3.8, 4) is 17.6 Å². The second kappa shape index (κ2) is 7.17. The van der Waals surface area contributed by atoms with Crippen LogP contribution in [0.2, 0.25) is 0 Å².